The van der Waals surface area contributed by atoms with Crippen molar-refractivity contribution in [2.45, 2.75) is 17.0 Å². The maximum atomic E-state index is 10.8. The first-order chi connectivity index (χ1) is 7.66. The Kier molecular flexibility index (Phi) is 3.25. The number of thioether (sulfide) groups is 1. The fourth-order valence-corrected chi connectivity index (χ4v) is 2.87. The average Bonchev–Trinajstić information content (AvgIpc) is 2.83. The van der Waals surface area contributed by atoms with Gasteiger partial charge in [0.2, 0.25) is 0 Å². The molecule has 2 rings (SSSR count). The maximum Gasteiger partial charge on any atom is 0.339 e. The Hall–Kier alpha value is -1.34. The van der Waals surface area contributed by atoms with Gasteiger partial charge in [0.1, 0.15) is 16.3 Å². The summed E-state index contributed by atoms with van der Waals surface area (Å²) in [5, 5.41) is 17.6. The third-order valence-electron chi connectivity index (χ3n) is 1.81. The van der Waals surface area contributed by atoms with E-state index in [9.17, 15) is 4.79 Å². The second-order valence-corrected chi connectivity index (χ2v) is 5.34. The lowest BCUT2D eigenvalue weighted by Crippen LogP contribution is -1.97. The number of carbonyl (C=O) groups is 1. The Labute approximate surface area is 99.5 Å². The molecular weight excluding hydrogens is 248 g/mol. The van der Waals surface area contributed by atoms with Gasteiger partial charge in [-0.3, -0.25) is 0 Å². The molecule has 5 nitrogen and oxygen atoms in total. The van der Waals surface area contributed by atoms with Gasteiger partial charge >= 0.3 is 5.97 Å². The van der Waals surface area contributed by atoms with Crippen molar-refractivity contribution in [1.29, 1.82) is 0 Å². The second kappa shape index (κ2) is 4.67. The molecule has 0 radical (unpaired) electrons. The number of nitrogens with zero attached hydrogens (tertiary/aromatic N) is 2. The molecule has 7 heteroatoms. The molecule has 0 aliphatic carbocycles. The molecule has 0 fully saturated rings. The summed E-state index contributed by atoms with van der Waals surface area (Å²) in [6.07, 6.45) is 1.38. The van der Waals surface area contributed by atoms with Gasteiger partial charge in [0, 0.05) is 0 Å². The van der Waals surface area contributed by atoms with Gasteiger partial charge in [0.05, 0.1) is 12.0 Å². The van der Waals surface area contributed by atoms with Crippen LogP contribution in [0.5, 0.6) is 0 Å². The van der Waals surface area contributed by atoms with E-state index in [2.05, 4.69) is 10.2 Å². The van der Waals surface area contributed by atoms with Crippen molar-refractivity contribution in [1.82, 2.24) is 10.2 Å². The zero-order chi connectivity index (χ0) is 11.5. The van der Waals surface area contributed by atoms with Crippen molar-refractivity contribution in [2.75, 3.05) is 0 Å². The Balaban J connectivity index is 2.04. The molecule has 84 valence electrons. The van der Waals surface area contributed by atoms with E-state index in [4.69, 9.17) is 9.52 Å². The fourth-order valence-electron chi connectivity index (χ4n) is 1.11. The smallest absolute Gasteiger partial charge is 0.339 e. The lowest BCUT2D eigenvalue weighted by molar-refractivity contribution is 0.0695. The third kappa shape index (κ3) is 2.42. The fraction of sp³-hybridized carbons (Fsp3) is 0.222. The SMILES string of the molecule is Cc1nnc(SCc2occc2C(=O)O)s1. The predicted octanol–water partition coefficient (Wildman–Crippen LogP) is 2.43. The van der Waals surface area contributed by atoms with E-state index in [0.29, 0.717) is 11.5 Å². The van der Waals surface area contributed by atoms with Gasteiger partial charge in [0.25, 0.3) is 0 Å². The zero-order valence-electron chi connectivity index (χ0n) is 8.34. The Bertz CT molecular complexity index is 506. The summed E-state index contributed by atoms with van der Waals surface area (Å²) in [7, 11) is 0. The molecule has 0 saturated heterocycles. The molecule has 0 atom stereocenters. The number of hydrogen-bond donors (Lipinski definition) is 1. The summed E-state index contributed by atoms with van der Waals surface area (Å²) in [5.41, 5.74) is 0.203. The van der Waals surface area contributed by atoms with E-state index in [1.165, 1.54) is 35.4 Å². The van der Waals surface area contributed by atoms with Gasteiger partial charge in [-0.25, -0.2) is 4.79 Å². The van der Waals surface area contributed by atoms with E-state index < -0.39 is 5.97 Å². The quantitative estimate of drug-likeness (QED) is 0.847. The van der Waals surface area contributed by atoms with E-state index in [-0.39, 0.29) is 5.56 Å². The molecule has 1 N–H and O–H groups in total. The van der Waals surface area contributed by atoms with Crippen LogP contribution < -0.4 is 0 Å². The van der Waals surface area contributed by atoms with E-state index in [0.717, 1.165) is 9.35 Å². The molecular formula is C9H8N2O3S2. The van der Waals surface area contributed by atoms with Crippen LogP contribution in [0.1, 0.15) is 21.1 Å². The number of aromatic nitrogens is 2. The lowest BCUT2D eigenvalue weighted by Gasteiger charge is -1.95. The van der Waals surface area contributed by atoms with Crippen molar-refractivity contribution < 1.29 is 14.3 Å². The molecule has 0 spiro atoms. The summed E-state index contributed by atoms with van der Waals surface area (Å²) in [6.45, 7) is 1.87. The van der Waals surface area contributed by atoms with Gasteiger partial charge in [-0.05, 0) is 13.0 Å². The number of aromatic carboxylic acids is 1. The van der Waals surface area contributed by atoms with Gasteiger partial charge in [-0.1, -0.05) is 23.1 Å². The first-order valence-electron chi connectivity index (χ1n) is 4.39. The average molecular weight is 256 g/mol. The molecule has 2 aromatic rings. The molecule has 2 aromatic heterocycles. The van der Waals surface area contributed by atoms with Crippen molar-refractivity contribution in [3.63, 3.8) is 0 Å². The minimum atomic E-state index is -0.974. The second-order valence-electron chi connectivity index (χ2n) is 2.94. The summed E-state index contributed by atoms with van der Waals surface area (Å²) < 4.78 is 5.92. The van der Waals surface area contributed by atoms with Crippen LogP contribution in [0.25, 0.3) is 0 Å². The largest absolute Gasteiger partial charge is 0.478 e. The first kappa shape index (κ1) is 11.2. The molecule has 2 heterocycles. The van der Waals surface area contributed by atoms with Crippen LogP contribution in [0.3, 0.4) is 0 Å². The van der Waals surface area contributed by atoms with Gasteiger partial charge in [0.15, 0.2) is 4.34 Å². The molecule has 0 amide bonds. The number of rotatable bonds is 4. The number of aryl methyl sites for hydroxylation is 1. The van der Waals surface area contributed by atoms with Gasteiger partial charge in [-0.15, -0.1) is 10.2 Å². The van der Waals surface area contributed by atoms with E-state index in [1.807, 2.05) is 6.92 Å². The van der Waals surface area contributed by atoms with Crippen LogP contribution in [-0.2, 0) is 5.75 Å². The minimum Gasteiger partial charge on any atom is -0.478 e. The molecule has 16 heavy (non-hydrogen) atoms. The van der Waals surface area contributed by atoms with E-state index >= 15 is 0 Å². The Morgan fingerprint density at radius 1 is 1.62 bits per heavy atom. The number of carboxylic acids is 1. The summed E-state index contributed by atoms with van der Waals surface area (Å²) in [5.74, 6) is -0.0772. The molecule has 0 aliphatic heterocycles. The zero-order valence-corrected chi connectivity index (χ0v) is 9.97. The third-order valence-corrected chi connectivity index (χ3v) is 3.78. The minimum absolute atomic E-state index is 0.203. The van der Waals surface area contributed by atoms with Crippen LogP contribution in [0.15, 0.2) is 21.1 Å². The number of furan rings is 1. The summed E-state index contributed by atoms with van der Waals surface area (Å²) in [6, 6.07) is 1.45. The first-order valence-corrected chi connectivity index (χ1v) is 6.19. The van der Waals surface area contributed by atoms with Crippen molar-refractivity contribution in [2.24, 2.45) is 0 Å². The lowest BCUT2D eigenvalue weighted by atomic mass is 10.3. The molecule has 0 bridgehead atoms. The standard InChI is InChI=1S/C9H8N2O3S2/c1-5-10-11-9(16-5)15-4-7-6(8(12)13)2-3-14-7/h2-3H,4H2,1H3,(H,12,13). The molecule has 0 saturated carbocycles. The van der Waals surface area contributed by atoms with Crippen LogP contribution in [-0.4, -0.2) is 21.3 Å². The van der Waals surface area contributed by atoms with Gasteiger partial charge < -0.3 is 9.52 Å². The molecule has 0 aromatic carbocycles. The highest BCUT2D eigenvalue weighted by Gasteiger charge is 2.14. The Morgan fingerprint density at radius 2 is 2.44 bits per heavy atom. The highest BCUT2D eigenvalue weighted by molar-refractivity contribution is 8.00. The van der Waals surface area contributed by atoms with Crippen molar-refractivity contribution in [3.8, 4) is 0 Å². The normalized spacial score (nSPS) is 10.6. The summed E-state index contributed by atoms with van der Waals surface area (Å²) in [4.78, 5) is 10.8. The highest BCUT2D eigenvalue weighted by Crippen LogP contribution is 2.27. The molecule has 0 unspecified atom stereocenters. The number of hydrogen-bond acceptors (Lipinski definition) is 6. The van der Waals surface area contributed by atoms with Crippen LogP contribution >= 0.6 is 23.1 Å². The summed E-state index contributed by atoms with van der Waals surface area (Å²) >= 11 is 2.89. The van der Waals surface area contributed by atoms with Crippen molar-refractivity contribution in [3.05, 3.63) is 28.7 Å². The van der Waals surface area contributed by atoms with Gasteiger partial charge in [-0.2, -0.15) is 0 Å². The van der Waals surface area contributed by atoms with Crippen LogP contribution in [0, 0.1) is 6.92 Å². The Morgan fingerprint density at radius 3 is 3.06 bits per heavy atom. The van der Waals surface area contributed by atoms with Crippen molar-refractivity contribution >= 4 is 29.1 Å². The molecule has 0 aliphatic rings. The predicted molar refractivity (Wildman–Crippen MR) is 59.9 cm³/mol. The van der Waals surface area contributed by atoms with E-state index in [1.54, 1.807) is 0 Å². The monoisotopic (exact) mass is 256 g/mol. The maximum absolute atomic E-state index is 10.8. The highest BCUT2D eigenvalue weighted by atomic mass is 32.2. The topological polar surface area (TPSA) is 76.2 Å². The van der Waals surface area contributed by atoms with Crippen LogP contribution in [0.4, 0.5) is 0 Å². The number of carboxylic acid groups (broad SMARTS) is 1. The van der Waals surface area contributed by atoms with Crippen LogP contribution in [0.2, 0.25) is 0 Å².